The van der Waals surface area contributed by atoms with Crippen molar-refractivity contribution in [2.75, 3.05) is 16.4 Å². The van der Waals surface area contributed by atoms with Crippen LogP contribution in [0.4, 0.5) is 28.4 Å². The van der Waals surface area contributed by atoms with E-state index in [0.29, 0.717) is 11.4 Å². The van der Waals surface area contributed by atoms with Gasteiger partial charge in [-0.15, -0.1) is 0 Å². The van der Waals surface area contributed by atoms with E-state index in [1.54, 1.807) is 0 Å². The molecular formula is C22H17N3O. The summed E-state index contributed by atoms with van der Waals surface area (Å²) in [5.74, 6) is 1.49. The fraction of sp³-hybridized carbons (Fsp3) is 0. The Morgan fingerprint density at radius 1 is 0.615 bits per heavy atom. The normalized spacial score (nSPS) is 12.4. The molecule has 26 heavy (non-hydrogen) atoms. The summed E-state index contributed by atoms with van der Waals surface area (Å²) in [6.07, 6.45) is 0. The molecule has 4 aromatic rings. The average molecular weight is 339 g/mol. The molecule has 5 rings (SSSR count). The van der Waals surface area contributed by atoms with Gasteiger partial charge in [0.15, 0.2) is 11.5 Å². The van der Waals surface area contributed by atoms with E-state index < -0.39 is 0 Å². The third-order valence-electron chi connectivity index (χ3n) is 4.68. The van der Waals surface area contributed by atoms with Crippen LogP contribution in [0.15, 0.2) is 78.9 Å². The second-order valence-electron chi connectivity index (χ2n) is 6.39. The monoisotopic (exact) mass is 339 g/mol. The molecule has 4 N–H and O–H groups in total. The molecule has 0 aliphatic carbocycles. The van der Waals surface area contributed by atoms with Gasteiger partial charge in [-0.3, -0.25) is 0 Å². The first-order chi connectivity index (χ1) is 12.7. The molecule has 0 atom stereocenters. The standard InChI is InChI=1S/C22H17N3O/c23-15-9-11-21-20(12-15)25(19-10-8-16(24)13-22(19)26-21)18-7-3-5-14-4-1-2-6-17(14)18/h1-13H,23-24H2. The Balaban J connectivity index is 1.84. The smallest absolute Gasteiger partial charge is 0.153 e. The molecule has 0 saturated carbocycles. The SMILES string of the molecule is Nc1ccc2c(c1)Oc1ccc(N)cc1N2c1cccc2ccccc12. The highest BCUT2D eigenvalue weighted by Crippen LogP contribution is 2.52. The third-order valence-corrected chi connectivity index (χ3v) is 4.68. The Morgan fingerprint density at radius 3 is 2.31 bits per heavy atom. The van der Waals surface area contributed by atoms with Crippen LogP contribution in [0.3, 0.4) is 0 Å². The second kappa shape index (κ2) is 5.43. The molecule has 0 spiro atoms. The first-order valence-corrected chi connectivity index (χ1v) is 8.45. The maximum atomic E-state index is 6.10. The molecule has 126 valence electrons. The lowest BCUT2D eigenvalue weighted by atomic mass is 10.0. The van der Waals surface area contributed by atoms with Crippen molar-refractivity contribution in [3.63, 3.8) is 0 Å². The number of ether oxygens (including phenoxy) is 1. The minimum Gasteiger partial charge on any atom is -0.453 e. The van der Waals surface area contributed by atoms with Gasteiger partial charge in [0, 0.05) is 22.8 Å². The van der Waals surface area contributed by atoms with Crippen molar-refractivity contribution in [2.45, 2.75) is 0 Å². The van der Waals surface area contributed by atoms with Gasteiger partial charge in [-0.05, 0) is 41.8 Å². The summed E-state index contributed by atoms with van der Waals surface area (Å²) in [4.78, 5) is 2.19. The third kappa shape index (κ3) is 2.16. The zero-order valence-corrected chi connectivity index (χ0v) is 14.0. The number of rotatable bonds is 1. The Kier molecular flexibility index (Phi) is 3.06. The number of anilines is 5. The van der Waals surface area contributed by atoms with E-state index in [2.05, 4.69) is 41.3 Å². The van der Waals surface area contributed by atoms with Crippen LogP contribution in [0.5, 0.6) is 11.5 Å². The Bertz CT molecular complexity index is 1150. The topological polar surface area (TPSA) is 64.5 Å². The van der Waals surface area contributed by atoms with Crippen molar-refractivity contribution in [3.8, 4) is 11.5 Å². The second-order valence-corrected chi connectivity index (χ2v) is 6.39. The van der Waals surface area contributed by atoms with Gasteiger partial charge in [0.25, 0.3) is 0 Å². The lowest BCUT2D eigenvalue weighted by Gasteiger charge is -2.33. The molecule has 0 aromatic heterocycles. The molecule has 0 saturated heterocycles. The predicted octanol–water partition coefficient (Wildman–Crippen LogP) is 5.58. The van der Waals surface area contributed by atoms with Gasteiger partial charge in [0.2, 0.25) is 0 Å². The fourth-order valence-electron chi connectivity index (χ4n) is 3.50. The number of benzene rings is 4. The van der Waals surface area contributed by atoms with Crippen LogP contribution < -0.4 is 21.1 Å². The van der Waals surface area contributed by atoms with Gasteiger partial charge in [-0.2, -0.15) is 0 Å². The van der Waals surface area contributed by atoms with Gasteiger partial charge < -0.3 is 21.1 Å². The molecule has 0 amide bonds. The van der Waals surface area contributed by atoms with Crippen LogP contribution >= 0.6 is 0 Å². The summed E-state index contributed by atoms with van der Waals surface area (Å²) in [6, 6.07) is 26.0. The highest BCUT2D eigenvalue weighted by Gasteiger charge is 2.27. The lowest BCUT2D eigenvalue weighted by Crippen LogP contribution is -2.16. The maximum Gasteiger partial charge on any atom is 0.153 e. The van der Waals surface area contributed by atoms with Gasteiger partial charge in [0.1, 0.15) is 0 Å². The largest absolute Gasteiger partial charge is 0.453 e. The minimum absolute atomic E-state index is 0.667. The van der Waals surface area contributed by atoms with Crippen molar-refractivity contribution in [1.29, 1.82) is 0 Å². The van der Waals surface area contributed by atoms with Crippen molar-refractivity contribution in [2.24, 2.45) is 0 Å². The van der Waals surface area contributed by atoms with E-state index in [-0.39, 0.29) is 0 Å². The number of nitrogens with zero attached hydrogens (tertiary/aromatic N) is 1. The summed E-state index contributed by atoms with van der Waals surface area (Å²) in [5.41, 5.74) is 16.3. The number of nitrogen functional groups attached to an aromatic ring is 2. The van der Waals surface area contributed by atoms with E-state index in [4.69, 9.17) is 16.2 Å². The zero-order valence-electron chi connectivity index (χ0n) is 14.0. The van der Waals surface area contributed by atoms with Crippen LogP contribution in [0, 0.1) is 0 Å². The van der Waals surface area contributed by atoms with E-state index in [0.717, 1.165) is 33.9 Å². The molecular weight excluding hydrogens is 322 g/mol. The number of nitrogens with two attached hydrogens (primary N) is 2. The molecule has 1 aliphatic heterocycles. The quantitative estimate of drug-likeness (QED) is 0.391. The minimum atomic E-state index is 0.667. The Labute approximate surface area is 151 Å². The molecule has 1 aliphatic rings. The van der Waals surface area contributed by atoms with Gasteiger partial charge in [-0.25, -0.2) is 0 Å². The fourth-order valence-corrected chi connectivity index (χ4v) is 3.50. The molecule has 4 heteroatoms. The summed E-state index contributed by atoms with van der Waals surface area (Å²) in [6.45, 7) is 0. The van der Waals surface area contributed by atoms with Gasteiger partial charge in [-0.1, -0.05) is 36.4 Å². The number of fused-ring (bicyclic) bond motifs is 3. The first kappa shape index (κ1) is 14.7. The Morgan fingerprint density at radius 2 is 1.38 bits per heavy atom. The molecule has 4 aromatic carbocycles. The van der Waals surface area contributed by atoms with E-state index in [1.165, 1.54) is 5.39 Å². The first-order valence-electron chi connectivity index (χ1n) is 8.45. The zero-order chi connectivity index (χ0) is 17.7. The summed E-state index contributed by atoms with van der Waals surface area (Å²) in [7, 11) is 0. The van der Waals surface area contributed by atoms with Gasteiger partial charge >= 0.3 is 0 Å². The predicted molar refractivity (Wildman–Crippen MR) is 108 cm³/mol. The van der Waals surface area contributed by atoms with Crippen molar-refractivity contribution in [1.82, 2.24) is 0 Å². The van der Waals surface area contributed by atoms with Crippen molar-refractivity contribution >= 4 is 39.2 Å². The summed E-state index contributed by atoms with van der Waals surface area (Å²) >= 11 is 0. The van der Waals surface area contributed by atoms with Crippen molar-refractivity contribution < 1.29 is 4.74 Å². The summed E-state index contributed by atoms with van der Waals surface area (Å²) < 4.78 is 6.10. The van der Waals surface area contributed by atoms with Gasteiger partial charge in [0.05, 0.1) is 17.1 Å². The average Bonchev–Trinajstić information content (AvgIpc) is 2.66. The molecule has 0 radical (unpaired) electrons. The lowest BCUT2D eigenvalue weighted by molar-refractivity contribution is 0.477. The summed E-state index contributed by atoms with van der Waals surface area (Å²) in [5, 5.41) is 2.34. The number of hydrogen-bond acceptors (Lipinski definition) is 4. The van der Waals surface area contributed by atoms with E-state index >= 15 is 0 Å². The Hall–Kier alpha value is -3.66. The van der Waals surface area contributed by atoms with E-state index in [1.807, 2.05) is 42.5 Å². The molecule has 0 bridgehead atoms. The van der Waals surface area contributed by atoms with Crippen LogP contribution in [-0.2, 0) is 0 Å². The van der Waals surface area contributed by atoms with Crippen LogP contribution in [-0.4, -0.2) is 0 Å². The van der Waals surface area contributed by atoms with Crippen LogP contribution in [0.25, 0.3) is 10.8 Å². The highest BCUT2D eigenvalue weighted by molar-refractivity contribution is 6.01. The molecule has 1 heterocycles. The molecule has 0 fully saturated rings. The highest BCUT2D eigenvalue weighted by atomic mass is 16.5. The maximum absolute atomic E-state index is 6.10. The molecule has 4 nitrogen and oxygen atoms in total. The molecule has 0 unspecified atom stereocenters. The van der Waals surface area contributed by atoms with Crippen LogP contribution in [0.2, 0.25) is 0 Å². The van der Waals surface area contributed by atoms with E-state index in [9.17, 15) is 0 Å². The van der Waals surface area contributed by atoms with Crippen molar-refractivity contribution in [3.05, 3.63) is 78.9 Å². The number of hydrogen-bond donors (Lipinski definition) is 2. The van der Waals surface area contributed by atoms with Crippen LogP contribution in [0.1, 0.15) is 0 Å².